The van der Waals surface area contributed by atoms with Crippen molar-refractivity contribution in [2.75, 3.05) is 0 Å². The maximum atomic E-state index is 10.2. The second-order valence-corrected chi connectivity index (χ2v) is 7.68. The van der Waals surface area contributed by atoms with Crippen LogP contribution in [0.4, 0.5) is 0 Å². The zero-order valence-corrected chi connectivity index (χ0v) is 19.9. The number of phenolic OH excluding ortho intramolecular Hbond substituents is 1. The van der Waals surface area contributed by atoms with Gasteiger partial charge in [0.25, 0.3) is 0 Å². The van der Waals surface area contributed by atoms with Crippen LogP contribution >= 0.6 is 0 Å². The van der Waals surface area contributed by atoms with Crippen LogP contribution in [-0.2, 0) is 31.3 Å². The quantitative estimate of drug-likeness (QED) is 0.376. The molecule has 0 saturated heterocycles. The number of hydrogen-bond donors (Lipinski definition) is 1. The normalized spacial score (nSPS) is 10.9. The van der Waals surface area contributed by atoms with Gasteiger partial charge in [-0.15, -0.1) is 0 Å². The maximum absolute atomic E-state index is 10.2. The molecule has 0 aliphatic carbocycles. The molecule has 2 aromatic rings. The van der Waals surface area contributed by atoms with Gasteiger partial charge in [-0.05, 0) is 34.4 Å². The van der Waals surface area contributed by atoms with Crippen molar-refractivity contribution in [1.29, 1.82) is 0 Å². The first-order chi connectivity index (χ1) is 9.71. The number of phenols is 1. The van der Waals surface area contributed by atoms with Crippen molar-refractivity contribution in [3.8, 4) is 16.9 Å². The number of rotatable bonds is 3. The summed E-state index contributed by atoms with van der Waals surface area (Å²) < 4.78 is 0. The van der Waals surface area contributed by atoms with E-state index in [-0.39, 0.29) is 51.5 Å². The van der Waals surface area contributed by atoms with E-state index in [0.717, 1.165) is 17.5 Å². The Morgan fingerprint density at radius 1 is 0.750 bits per heavy atom. The first-order valence-corrected chi connectivity index (χ1v) is 7.59. The van der Waals surface area contributed by atoms with E-state index in [0.29, 0.717) is 5.75 Å². The molecule has 2 heteroatoms. The van der Waals surface area contributed by atoms with E-state index in [1.165, 1.54) is 5.56 Å². The van der Waals surface area contributed by atoms with Crippen molar-refractivity contribution in [2.24, 2.45) is 5.41 Å². The molecule has 24 heavy (non-hydrogen) atoms. The molecule has 0 heterocycles. The van der Waals surface area contributed by atoms with E-state index in [1.807, 2.05) is 24.3 Å². The van der Waals surface area contributed by atoms with Crippen LogP contribution in [0.3, 0.4) is 0 Å². The fourth-order valence-electron chi connectivity index (χ4n) is 3.43. The van der Waals surface area contributed by atoms with Crippen LogP contribution in [0.2, 0.25) is 0 Å². The van der Waals surface area contributed by atoms with Gasteiger partial charge in [-0.3, -0.25) is 0 Å². The molecule has 0 aliphatic rings. The minimum Gasteiger partial charge on any atom is -0.507 e. The minimum atomic E-state index is 0. The van der Waals surface area contributed by atoms with Crippen LogP contribution in [0.1, 0.15) is 46.6 Å². The summed E-state index contributed by atoms with van der Waals surface area (Å²) in [7, 11) is 0. The summed E-state index contributed by atoms with van der Waals surface area (Å²) in [5.74, 6) is 0.344. The maximum Gasteiger partial charge on any atom is 0.123 e. The molecule has 0 amide bonds. The molecule has 0 saturated carbocycles. The SMILES string of the molecule is CC(C)(C)CC(C)(C)c1ccccc1-c1ccccc1O.[CH3-].[CH3-].[Hf]. The molecule has 1 nitrogen and oxygen atoms in total. The Kier molecular flexibility index (Phi) is 10.1. The molecule has 0 unspecified atom stereocenters. The minimum absolute atomic E-state index is 0. The van der Waals surface area contributed by atoms with Gasteiger partial charge >= 0.3 is 0 Å². The third-order valence-electron chi connectivity index (χ3n) is 3.82. The molecule has 0 aromatic heterocycles. The Hall–Kier alpha value is -0.890. The summed E-state index contributed by atoms with van der Waals surface area (Å²) in [6, 6.07) is 16.0. The third-order valence-corrected chi connectivity index (χ3v) is 3.82. The van der Waals surface area contributed by atoms with Crippen LogP contribution in [0.15, 0.2) is 48.5 Å². The monoisotopic (exact) mass is 492 g/mol. The molecule has 0 aliphatic heterocycles. The van der Waals surface area contributed by atoms with Gasteiger partial charge in [0.15, 0.2) is 0 Å². The molecule has 132 valence electrons. The fraction of sp³-hybridized carbons (Fsp3) is 0.364. The van der Waals surface area contributed by atoms with Crippen molar-refractivity contribution < 1.29 is 30.9 Å². The number of aromatic hydroxyl groups is 1. The molecule has 2 rings (SSSR count). The summed E-state index contributed by atoms with van der Waals surface area (Å²) in [4.78, 5) is 0. The summed E-state index contributed by atoms with van der Waals surface area (Å²) in [5.41, 5.74) is 3.65. The van der Waals surface area contributed by atoms with E-state index in [9.17, 15) is 5.11 Å². The van der Waals surface area contributed by atoms with Crippen molar-refractivity contribution >= 4 is 0 Å². The van der Waals surface area contributed by atoms with Crippen molar-refractivity contribution in [2.45, 2.75) is 46.5 Å². The Bertz CT molecular complexity index is 624. The zero-order valence-electron chi connectivity index (χ0n) is 16.3. The second kappa shape index (κ2) is 9.56. The average molecular weight is 491 g/mol. The van der Waals surface area contributed by atoms with Gasteiger partial charge in [-0.2, -0.15) is 0 Å². The van der Waals surface area contributed by atoms with E-state index in [1.54, 1.807) is 6.07 Å². The summed E-state index contributed by atoms with van der Waals surface area (Å²) in [6.07, 6.45) is 1.09. The van der Waals surface area contributed by atoms with Crippen molar-refractivity contribution in [1.82, 2.24) is 0 Å². The van der Waals surface area contributed by atoms with Gasteiger partial charge in [-0.25, -0.2) is 0 Å². The predicted molar refractivity (Wildman–Crippen MR) is 103 cm³/mol. The van der Waals surface area contributed by atoms with Gasteiger partial charge in [0, 0.05) is 31.4 Å². The van der Waals surface area contributed by atoms with E-state index < -0.39 is 0 Å². The third kappa shape index (κ3) is 6.20. The van der Waals surface area contributed by atoms with Crippen LogP contribution in [0.5, 0.6) is 5.75 Å². The molecule has 2 aromatic carbocycles. The molecule has 0 radical (unpaired) electrons. The second-order valence-electron chi connectivity index (χ2n) is 7.68. The summed E-state index contributed by atoms with van der Waals surface area (Å²) in [5, 5.41) is 10.2. The summed E-state index contributed by atoms with van der Waals surface area (Å²) >= 11 is 0. The fourth-order valence-corrected chi connectivity index (χ4v) is 3.43. The number of benzene rings is 2. The Balaban J connectivity index is 0. The largest absolute Gasteiger partial charge is 0.507 e. The van der Waals surface area contributed by atoms with Crippen molar-refractivity contribution in [3.05, 3.63) is 68.9 Å². The molecule has 0 spiro atoms. The Morgan fingerprint density at radius 3 is 1.71 bits per heavy atom. The van der Waals surface area contributed by atoms with E-state index >= 15 is 0 Å². The molecule has 0 bridgehead atoms. The predicted octanol–water partition coefficient (Wildman–Crippen LogP) is 6.67. The van der Waals surface area contributed by atoms with Gasteiger partial charge in [0.05, 0.1) is 0 Å². The number of hydrogen-bond acceptors (Lipinski definition) is 1. The van der Waals surface area contributed by atoms with Crippen LogP contribution in [0, 0.1) is 20.3 Å². The van der Waals surface area contributed by atoms with Gasteiger partial charge < -0.3 is 20.0 Å². The molecular formula is C22H32HfO-2. The van der Waals surface area contributed by atoms with Crippen LogP contribution < -0.4 is 0 Å². The van der Waals surface area contributed by atoms with Crippen LogP contribution in [-0.4, -0.2) is 5.11 Å². The topological polar surface area (TPSA) is 20.2 Å². The van der Waals surface area contributed by atoms with Gasteiger partial charge in [0.2, 0.25) is 0 Å². The van der Waals surface area contributed by atoms with E-state index in [2.05, 4.69) is 52.8 Å². The first-order valence-electron chi connectivity index (χ1n) is 7.59. The summed E-state index contributed by atoms with van der Waals surface area (Å²) in [6.45, 7) is 11.4. The Labute approximate surface area is 168 Å². The molecule has 1 N–H and O–H groups in total. The van der Waals surface area contributed by atoms with Gasteiger partial charge in [0.1, 0.15) is 5.75 Å². The van der Waals surface area contributed by atoms with E-state index in [4.69, 9.17) is 0 Å². The smallest absolute Gasteiger partial charge is 0.123 e. The zero-order chi connectivity index (χ0) is 15.7. The molecule has 0 atom stereocenters. The van der Waals surface area contributed by atoms with Crippen molar-refractivity contribution in [3.63, 3.8) is 0 Å². The first kappa shape index (κ1) is 25.4. The molecular weight excluding hydrogens is 459 g/mol. The molecule has 0 fully saturated rings. The average Bonchev–Trinajstić information content (AvgIpc) is 2.36. The van der Waals surface area contributed by atoms with Gasteiger partial charge in [-0.1, -0.05) is 77.1 Å². The standard InChI is InChI=1S/C20H26O.2CH3.Hf/c1-19(2,3)14-20(4,5)17-12-8-6-10-15(17)16-11-7-9-13-18(16)21;;;/h6-13,21H,14H2,1-5H3;2*1H3;/q;2*-1;. The van der Waals surface area contributed by atoms with Crippen LogP contribution in [0.25, 0.3) is 11.1 Å². The Morgan fingerprint density at radius 2 is 1.21 bits per heavy atom. The number of para-hydroxylation sites is 1.